The number of rotatable bonds is 1. The van der Waals surface area contributed by atoms with Crippen molar-refractivity contribution in [1.29, 1.82) is 0 Å². The van der Waals surface area contributed by atoms with Crippen LogP contribution in [0.2, 0.25) is 5.02 Å². The van der Waals surface area contributed by atoms with E-state index in [-0.39, 0.29) is 11.0 Å². The smallest absolute Gasteiger partial charge is 0.205 e. The molecule has 0 aliphatic carbocycles. The van der Waals surface area contributed by atoms with Gasteiger partial charge >= 0.3 is 0 Å². The molecule has 0 spiro atoms. The quantitative estimate of drug-likeness (QED) is 0.608. The molecular weight excluding hydrogens is 412 g/mol. The highest BCUT2D eigenvalue weighted by Crippen LogP contribution is 2.32. The summed E-state index contributed by atoms with van der Waals surface area (Å²) in [7, 11) is 0. The van der Waals surface area contributed by atoms with Crippen molar-refractivity contribution in [3.63, 3.8) is 0 Å². The van der Waals surface area contributed by atoms with Gasteiger partial charge in [0.05, 0.1) is 21.7 Å². The molecule has 20 heavy (non-hydrogen) atoms. The monoisotopic (exact) mass is 417 g/mol. The van der Waals surface area contributed by atoms with Crippen LogP contribution in [-0.4, -0.2) is 9.55 Å². The predicted molar refractivity (Wildman–Crippen MR) is 85.9 cm³/mol. The number of nitrogen functional groups attached to an aromatic ring is 1. The topological polar surface area (TPSA) is 43.8 Å². The minimum Gasteiger partial charge on any atom is -0.369 e. The van der Waals surface area contributed by atoms with E-state index in [1.165, 1.54) is 12.1 Å². The van der Waals surface area contributed by atoms with Crippen LogP contribution in [0, 0.1) is 5.82 Å². The van der Waals surface area contributed by atoms with Crippen molar-refractivity contribution < 1.29 is 4.39 Å². The molecule has 7 heteroatoms. The van der Waals surface area contributed by atoms with Gasteiger partial charge in [-0.3, -0.25) is 4.57 Å². The molecule has 102 valence electrons. The Morgan fingerprint density at radius 2 is 1.95 bits per heavy atom. The Hall–Kier alpha value is -1.11. The summed E-state index contributed by atoms with van der Waals surface area (Å²) in [5, 5.41) is 0.0236. The van der Waals surface area contributed by atoms with Crippen molar-refractivity contribution in [3.05, 3.63) is 50.1 Å². The molecule has 2 aromatic carbocycles. The summed E-state index contributed by atoms with van der Waals surface area (Å²) in [6.07, 6.45) is 0. The van der Waals surface area contributed by atoms with Crippen molar-refractivity contribution in [3.8, 4) is 5.69 Å². The van der Waals surface area contributed by atoms with Gasteiger partial charge in [-0.05, 0) is 40.2 Å². The first-order chi connectivity index (χ1) is 9.47. The molecule has 0 aliphatic rings. The van der Waals surface area contributed by atoms with Crippen molar-refractivity contribution in [2.45, 2.75) is 0 Å². The van der Waals surface area contributed by atoms with Crippen LogP contribution >= 0.6 is 43.5 Å². The van der Waals surface area contributed by atoms with E-state index in [1.807, 2.05) is 18.2 Å². The number of hydrogen-bond acceptors (Lipinski definition) is 2. The SMILES string of the molecule is Nc1nc2cc(Cl)c(F)cc2n1-c1cc(Br)ccc1Br. The lowest BCUT2D eigenvalue weighted by Gasteiger charge is -2.09. The van der Waals surface area contributed by atoms with E-state index in [0.29, 0.717) is 11.0 Å². The largest absolute Gasteiger partial charge is 0.369 e. The van der Waals surface area contributed by atoms with Crippen LogP contribution < -0.4 is 5.73 Å². The van der Waals surface area contributed by atoms with E-state index < -0.39 is 5.82 Å². The number of benzene rings is 2. The Bertz CT molecular complexity index is 832. The number of nitrogens with two attached hydrogens (primary N) is 1. The van der Waals surface area contributed by atoms with Gasteiger partial charge in [0, 0.05) is 15.0 Å². The molecule has 0 saturated heterocycles. The maximum atomic E-state index is 13.7. The summed E-state index contributed by atoms with van der Waals surface area (Å²) in [5.74, 6) is -0.244. The Kier molecular flexibility index (Phi) is 3.48. The molecule has 1 heterocycles. The third-order valence-electron chi connectivity index (χ3n) is 2.87. The minimum absolute atomic E-state index is 0.0236. The van der Waals surface area contributed by atoms with E-state index >= 15 is 0 Å². The summed E-state index contributed by atoms with van der Waals surface area (Å²) in [6.45, 7) is 0. The number of anilines is 1. The normalized spacial score (nSPS) is 11.2. The maximum absolute atomic E-state index is 13.7. The first kappa shape index (κ1) is 13.9. The molecule has 0 aliphatic heterocycles. The van der Waals surface area contributed by atoms with Gasteiger partial charge in [-0.1, -0.05) is 27.5 Å². The molecule has 0 atom stereocenters. The number of nitrogens with zero attached hydrogens (tertiary/aromatic N) is 2. The van der Waals surface area contributed by atoms with Gasteiger partial charge in [0.1, 0.15) is 5.82 Å². The zero-order valence-electron chi connectivity index (χ0n) is 9.87. The standard InChI is InChI=1S/C13H7Br2ClFN3/c14-6-1-2-7(15)11(3-6)20-12-5-9(17)8(16)4-10(12)19-13(20)18/h1-5H,(H2,18,19). The molecular formula is C13H7Br2ClFN3. The molecule has 2 N–H and O–H groups in total. The zero-order valence-corrected chi connectivity index (χ0v) is 13.8. The van der Waals surface area contributed by atoms with Gasteiger partial charge in [0.15, 0.2) is 0 Å². The number of fused-ring (bicyclic) bond motifs is 1. The van der Waals surface area contributed by atoms with Gasteiger partial charge in [-0.15, -0.1) is 0 Å². The molecule has 0 saturated carbocycles. The van der Waals surface area contributed by atoms with Gasteiger partial charge in [0.25, 0.3) is 0 Å². The van der Waals surface area contributed by atoms with Crippen LogP contribution in [0.25, 0.3) is 16.7 Å². The van der Waals surface area contributed by atoms with E-state index in [2.05, 4.69) is 36.8 Å². The summed E-state index contributed by atoms with van der Waals surface area (Å²) in [4.78, 5) is 4.22. The Labute approximate surface area is 135 Å². The maximum Gasteiger partial charge on any atom is 0.205 e. The molecule has 0 radical (unpaired) electrons. The average Bonchev–Trinajstić information content (AvgIpc) is 2.69. The van der Waals surface area contributed by atoms with Crippen molar-refractivity contribution in [2.75, 3.05) is 5.73 Å². The van der Waals surface area contributed by atoms with Crippen molar-refractivity contribution in [1.82, 2.24) is 9.55 Å². The second-order valence-corrected chi connectivity index (χ2v) is 6.33. The molecule has 3 nitrogen and oxygen atoms in total. The highest BCUT2D eigenvalue weighted by molar-refractivity contribution is 9.11. The summed E-state index contributed by atoms with van der Waals surface area (Å²) < 4.78 is 17.1. The third-order valence-corrected chi connectivity index (χ3v) is 4.33. The van der Waals surface area contributed by atoms with E-state index in [9.17, 15) is 4.39 Å². The fraction of sp³-hybridized carbons (Fsp3) is 0. The van der Waals surface area contributed by atoms with Crippen molar-refractivity contribution in [2.24, 2.45) is 0 Å². The lowest BCUT2D eigenvalue weighted by Crippen LogP contribution is -2.01. The van der Waals surface area contributed by atoms with Gasteiger partial charge < -0.3 is 5.73 Å². The Morgan fingerprint density at radius 1 is 1.20 bits per heavy atom. The fourth-order valence-electron chi connectivity index (χ4n) is 2.00. The van der Waals surface area contributed by atoms with Crippen LogP contribution in [0.1, 0.15) is 0 Å². The molecule has 3 aromatic rings. The molecule has 3 rings (SSSR count). The third kappa shape index (κ3) is 2.21. The molecule has 0 unspecified atom stereocenters. The van der Waals surface area contributed by atoms with Gasteiger partial charge in [-0.2, -0.15) is 0 Å². The van der Waals surface area contributed by atoms with Crippen LogP contribution in [0.3, 0.4) is 0 Å². The summed E-state index contributed by atoms with van der Waals surface area (Å²) >= 11 is 12.6. The van der Waals surface area contributed by atoms with Gasteiger partial charge in [-0.25, -0.2) is 9.37 Å². The Balaban J connectivity index is 2.38. The highest BCUT2D eigenvalue weighted by atomic mass is 79.9. The minimum atomic E-state index is -0.508. The molecule has 0 fully saturated rings. The number of hydrogen-bond donors (Lipinski definition) is 1. The molecule has 0 bridgehead atoms. The number of aromatic nitrogens is 2. The Morgan fingerprint density at radius 3 is 2.70 bits per heavy atom. The first-order valence-electron chi connectivity index (χ1n) is 5.56. The fourth-order valence-corrected chi connectivity index (χ4v) is 2.93. The first-order valence-corrected chi connectivity index (χ1v) is 7.52. The number of halogens is 4. The molecule has 1 aromatic heterocycles. The summed E-state index contributed by atoms with van der Waals surface area (Å²) in [5.41, 5.74) is 7.82. The second kappa shape index (κ2) is 5.02. The van der Waals surface area contributed by atoms with Crippen LogP contribution in [0.4, 0.5) is 10.3 Å². The van der Waals surface area contributed by atoms with E-state index in [1.54, 1.807) is 4.57 Å². The highest BCUT2D eigenvalue weighted by Gasteiger charge is 2.15. The lowest BCUT2D eigenvalue weighted by molar-refractivity contribution is 0.629. The zero-order chi connectivity index (χ0) is 14.4. The van der Waals surface area contributed by atoms with E-state index in [0.717, 1.165) is 14.6 Å². The second-order valence-electron chi connectivity index (χ2n) is 4.16. The summed E-state index contributed by atoms with van der Waals surface area (Å²) in [6, 6.07) is 8.42. The average molecular weight is 419 g/mol. The molecule has 0 amide bonds. The predicted octanol–water partition coefficient (Wildman–Crippen LogP) is 4.93. The number of imidazole rings is 1. The van der Waals surface area contributed by atoms with Crippen LogP contribution in [0.5, 0.6) is 0 Å². The van der Waals surface area contributed by atoms with Crippen molar-refractivity contribution >= 4 is 60.4 Å². The lowest BCUT2D eigenvalue weighted by atomic mass is 10.2. The van der Waals surface area contributed by atoms with Crippen LogP contribution in [-0.2, 0) is 0 Å². The van der Waals surface area contributed by atoms with E-state index in [4.69, 9.17) is 17.3 Å². The van der Waals surface area contributed by atoms with Crippen LogP contribution in [0.15, 0.2) is 39.3 Å². The van der Waals surface area contributed by atoms with Gasteiger partial charge in [0.2, 0.25) is 5.95 Å².